The van der Waals surface area contributed by atoms with E-state index < -0.39 is 0 Å². The highest BCUT2D eigenvalue weighted by Crippen LogP contribution is 2.20. The summed E-state index contributed by atoms with van der Waals surface area (Å²) < 4.78 is 13.0. The smallest absolute Gasteiger partial charge is 0.223 e. The van der Waals surface area contributed by atoms with Crippen LogP contribution in [0.1, 0.15) is 12.1 Å². The van der Waals surface area contributed by atoms with Crippen molar-refractivity contribution in [3.05, 3.63) is 41.8 Å². The quantitative estimate of drug-likeness (QED) is 0.900. The number of aryl methyl sites for hydroxylation is 1. The molecule has 2 aromatic rings. The lowest BCUT2D eigenvalue weighted by Gasteiger charge is -2.12. The average Bonchev–Trinajstić information content (AvgIpc) is 2.91. The fourth-order valence-electron chi connectivity index (χ4n) is 2.36. The van der Waals surface area contributed by atoms with Crippen LogP contribution in [0.5, 0.6) is 0 Å². The molecule has 4 nitrogen and oxygen atoms in total. The summed E-state index contributed by atoms with van der Waals surface area (Å²) >= 11 is 0. The lowest BCUT2D eigenvalue weighted by molar-refractivity contribution is 0.628. The molecule has 3 rings (SSSR count). The van der Waals surface area contributed by atoms with Gasteiger partial charge in [0.15, 0.2) is 0 Å². The third-order valence-electron chi connectivity index (χ3n) is 3.39. The van der Waals surface area contributed by atoms with Crippen LogP contribution in [0.25, 0.3) is 11.3 Å². The van der Waals surface area contributed by atoms with E-state index in [1.807, 2.05) is 13.0 Å². The predicted octanol–water partition coefficient (Wildman–Crippen LogP) is 2.36. The Bertz CT molecular complexity index is 591. The van der Waals surface area contributed by atoms with Crippen LogP contribution in [-0.2, 0) is 0 Å². The van der Waals surface area contributed by atoms with E-state index in [4.69, 9.17) is 0 Å². The summed E-state index contributed by atoms with van der Waals surface area (Å²) in [5.74, 6) is 0.396. The van der Waals surface area contributed by atoms with E-state index in [1.165, 1.54) is 12.1 Å². The van der Waals surface area contributed by atoms with Gasteiger partial charge >= 0.3 is 0 Å². The Labute approximate surface area is 117 Å². The lowest BCUT2D eigenvalue weighted by atomic mass is 10.1. The van der Waals surface area contributed by atoms with E-state index in [-0.39, 0.29) is 5.82 Å². The van der Waals surface area contributed by atoms with Crippen LogP contribution in [0.15, 0.2) is 30.3 Å². The normalized spacial score (nSPS) is 18.2. The Balaban J connectivity index is 1.87. The second-order valence-corrected chi connectivity index (χ2v) is 5.06. The zero-order valence-electron chi connectivity index (χ0n) is 11.4. The van der Waals surface area contributed by atoms with Crippen molar-refractivity contribution in [2.45, 2.75) is 19.4 Å². The maximum Gasteiger partial charge on any atom is 0.223 e. The van der Waals surface area contributed by atoms with Gasteiger partial charge in [-0.15, -0.1) is 0 Å². The number of nitrogens with zero attached hydrogens (tertiary/aromatic N) is 2. The molecule has 5 heteroatoms. The first-order valence-corrected chi connectivity index (χ1v) is 6.79. The number of rotatable bonds is 3. The first-order valence-electron chi connectivity index (χ1n) is 6.79. The number of nitrogens with one attached hydrogen (secondary N) is 2. The number of anilines is 1. The predicted molar refractivity (Wildman–Crippen MR) is 77.1 cm³/mol. The number of halogens is 1. The van der Waals surface area contributed by atoms with Gasteiger partial charge in [0, 0.05) is 23.8 Å². The summed E-state index contributed by atoms with van der Waals surface area (Å²) in [7, 11) is 0. The summed E-state index contributed by atoms with van der Waals surface area (Å²) in [6.45, 7) is 3.89. The average molecular weight is 272 g/mol. The van der Waals surface area contributed by atoms with E-state index in [0.717, 1.165) is 36.5 Å². The molecular formula is C15H17FN4. The molecular weight excluding hydrogens is 255 g/mol. The van der Waals surface area contributed by atoms with Crippen molar-refractivity contribution in [1.82, 2.24) is 15.3 Å². The van der Waals surface area contributed by atoms with Crippen LogP contribution < -0.4 is 10.6 Å². The van der Waals surface area contributed by atoms with Crippen LogP contribution in [-0.4, -0.2) is 29.1 Å². The molecule has 2 heterocycles. The summed E-state index contributed by atoms with van der Waals surface area (Å²) in [4.78, 5) is 8.94. The second kappa shape index (κ2) is 5.54. The van der Waals surface area contributed by atoms with Crippen molar-refractivity contribution >= 4 is 5.95 Å². The van der Waals surface area contributed by atoms with Crippen LogP contribution in [0, 0.1) is 12.7 Å². The summed E-state index contributed by atoms with van der Waals surface area (Å²) in [6.07, 6.45) is 1.07. The number of hydrogen-bond acceptors (Lipinski definition) is 4. The first kappa shape index (κ1) is 13.0. The molecule has 1 unspecified atom stereocenters. The molecule has 2 N–H and O–H groups in total. The molecule has 0 bridgehead atoms. The van der Waals surface area contributed by atoms with Gasteiger partial charge in [0.2, 0.25) is 5.95 Å². The molecule has 1 saturated heterocycles. The molecule has 1 aliphatic rings. The largest absolute Gasteiger partial charge is 0.350 e. The minimum atomic E-state index is -0.241. The zero-order valence-corrected chi connectivity index (χ0v) is 11.4. The lowest BCUT2D eigenvalue weighted by Crippen LogP contribution is -2.23. The summed E-state index contributed by atoms with van der Waals surface area (Å²) in [5.41, 5.74) is 2.60. The highest BCUT2D eigenvalue weighted by atomic mass is 19.1. The maximum absolute atomic E-state index is 13.0. The minimum Gasteiger partial charge on any atom is -0.350 e. The van der Waals surface area contributed by atoms with E-state index >= 15 is 0 Å². The van der Waals surface area contributed by atoms with Crippen molar-refractivity contribution in [2.24, 2.45) is 0 Å². The molecule has 0 radical (unpaired) electrons. The topological polar surface area (TPSA) is 49.8 Å². The fraction of sp³-hybridized carbons (Fsp3) is 0.333. The Kier molecular flexibility index (Phi) is 3.60. The molecule has 0 aliphatic carbocycles. The number of aromatic nitrogens is 2. The molecule has 0 saturated carbocycles. The molecule has 0 spiro atoms. The van der Waals surface area contributed by atoms with Gasteiger partial charge < -0.3 is 10.6 Å². The monoisotopic (exact) mass is 272 g/mol. The van der Waals surface area contributed by atoms with Gasteiger partial charge in [-0.1, -0.05) is 0 Å². The molecule has 0 amide bonds. The van der Waals surface area contributed by atoms with E-state index in [1.54, 1.807) is 12.1 Å². The Morgan fingerprint density at radius 2 is 2.05 bits per heavy atom. The van der Waals surface area contributed by atoms with Gasteiger partial charge in [0.1, 0.15) is 5.82 Å². The molecule has 1 aromatic carbocycles. The minimum absolute atomic E-state index is 0.241. The van der Waals surface area contributed by atoms with Crippen LogP contribution in [0.2, 0.25) is 0 Å². The van der Waals surface area contributed by atoms with Crippen molar-refractivity contribution in [3.8, 4) is 11.3 Å². The molecule has 20 heavy (non-hydrogen) atoms. The van der Waals surface area contributed by atoms with E-state index in [2.05, 4.69) is 20.6 Å². The molecule has 1 atom stereocenters. The van der Waals surface area contributed by atoms with Crippen LogP contribution in [0.3, 0.4) is 0 Å². The van der Waals surface area contributed by atoms with Gasteiger partial charge in [-0.25, -0.2) is 14.4 Å². The van der Waals surface area contributed by atoms with E-state index in [0.29, 0.717) is 12.0 Å². The Morgan fingerprint density at radius 1 is 1.25 bits per heavy atom. The van der Waals surface area contributed by atoms with Crippen molar-refractivity contribution in [1.29, 1.82) is 0 Å². The Morgan fingerprint density at radius 3 is 2.75 bits per heavy atom. The molecule has 1 aromatic heterocycles. The first-order chi connectivity index (χ1) is 9.70. The Hall–Kier alpha value is -2.01. The number of benzene rings is 1. The van der Waals surface area contributed by atoms with Gasteiger partial charge in [0.25, 0.3) is 0 Å². The van der Waals surface area contributed by atoms with E-state index in [9.17, 15) is 4.39 Å². The zero-order chi connectivity index (χ0) is 13.9. The van der Waals surface area contributed by atoms with Crippen LogP contribution >= 0.6 is 0 Å². The molecule has 1 aliphatic heterocycles. The van der Waals surface area contributed by atoms with Gasteiger partial charge in [-0.2, -0.15) is 0 Å². The van der Waals surface area contributed by atoms with Crippen molar-refractivity contribution in [3.63, 3.8) is 0 Å². The van der Waals surface area contributed by atoms with Gasteiger partial charge in [-0.05, 0) is 50.2 Å². The SMILES string of the molecule is Cc1cc(-c2ccc(F)cc2)nc(NC2CCNC2)n1. The highest BCUT2D eigenvalue weighted by Gasteiger charge is 2.15. The second-order valence-electron chi connectivity index (χ2n) is 5.06. The van der Waals surface area contributed by atoms with Crippen molar-refractivity contribution in [2.75, 3.05) is 18.4 Å². The molecule has 1 fully saturated rings. The van der Waals surface area contributed by atoms with Gasteiger partial charge in [-0.3, -0.25) is 0 Å². The van der Waals surface area contributed by atoms with Gasteiger partial charge in [0.05, 0.1) is 5.69 Å². The third-order valence-corrected chi connectivity index (χ3v) is 3.39. The molecule has 104 valence electrons. The van der Waals surface area contributed by atoms with Crippen LogP contribution in [0.4, 0.5) is 10.3 Å². The third kappa shape index (κ3) is 2.93. The van der Waals surface area contributed by atoms with Crippen molar-refractivity contribution < 1.29 is 4.39 Å². The number of hydrogen-bond donors (Lipinski definition) is 2. The highest BCUT2D eigenvalue weighted by molar-refractivity contribution is 5.60. The maximum atomic E-state index is 13.0. The summed E-state index contributed by atoms with van der Waals surface area (Å²) in [6, 6.07) is 8.64. The standard InChI is InChI=1S/C15H17FN4/c1-10-8-14(11-2-4-12(16)5-3-11)20-15(18-10)19-13-6-7-17-9-13/h2-5,8,13,17H,6-7,9H2,1H3,(H,18,19,20). The summed E-state index contributed by atoms with van der Waals surface area (Å²) in [5, 5.41) is 6.64. The fourth-order valence-corrected chi connectivity index (χ4v) is 2.36.